The highest BCUT2D eigenvalue weighted by Crippen LogP contribution is 2.65. The lowest BCUT2D eigenvalue weighted by molar-refractivity contribution is -0.392. The van der Waals surface area contributed by atoms with Crippen molar-refractivity contribution in [1.82, 2.24) is 4.90 Å². The summed E-state index contributed by atoms with van der Waals surface area (Å²) in [5, 5.41) is 34.5. The van der Waals surface area contributed by atoms with E-state index in [1.54, 1.807) is 13.0 Å². The molecule has 2 aliphatic carbocycles. The van der Waals surface area contributed by atoms with Crippen LogP contribution in [-0.2, 0) is 19.2 Å². The fourth-order valence-corrected chi connectivity index (χ4v) is 8.83. The first-order chi connectivity index (χ1) is 22.5. The summed E-state index contributed by atoms with van der Waals surface area (Å²) >= 11 is 14.3. The van der Waals surface area contributed by atoms with Gasteiger partial charge in [-0.3, -0.25) is 44.3 Å². The van der Waals surface area contributed by atoms with E-state index < -0.39 is 78.3 Å². The van der Waals surface area contributed by atoms with E-state index in [4.69, 9.17) is 27.9 Å². The van der Waals surface area contributed by atoms with Crippen LogP contribution in [0.25, 0.3) is 0 Å². The zero-order valence-electron chi connectivity index (χ0n) is 26.0. The highest BCUT2D eigenvalue weighted by atomic mass is 35.5. The van der Waals surface area contributed by atoms with Gasteiger partial charge in [-0.05, 0) is 43.4 Å². The van der Waals surface area contributed by atoms with Crippen LogP contribution in [-0.4, -0.2) is 81.0 Å². The molecule has 15 nitrogen and oxygen atoms in total. The van der Waals surface area contributed by atoms with Crippen molar-refractivity contribution in [2.75, 3.05) is 37.5 Å². The molecular weight excluding hydrogens is 673 g/mol. The normalized spacial score (nSPS) is 29.3. The van der Waals surface area contributed by atoms with Crippen molar-refractivity contribution in [3.8, 4) is 11.5 Å². The number of phenolic OH excluding ortho intramolecular Hbond substituents is 1. The fraction of sp³-hybridized carbons (Fsp3) is 0.419. The van der Waals surface area contributed by atoms with Crippen molar-refractivity contribution in [2.24, 2.45) is 17.8 Å². The molecule has 0 spiro atoms. The van der Waals surface area contributed by atoms with Crippen molar-refractivity contribution in [1.29, 1.82) is 0 Å². The van der Waals surface area contributed by atoms with Crippen LogP contribution in [0.5, 0.6) is 11.5 Å². The number of carbonyl (C=O) groups excluding carboxylic acids is 4. The van der Waals surface area contributed by atoms with Crippen LogP contribution >= 0.6 is 23.2 Å². The lowest BCUT2D eigenvalue weighted by Crippen LogP contribution is -2.60. The first kappa shape index (κ1) is 33.2. The van der Waals surface area contributed by atoms with Crippen LogP contribution < -0.4 is 14.5 Å². The van der Waals surface area contributed by atoms with Crippen LogP contribution in [0.1, 0.15) is 31.2 Å². The number of fused-ring (bicyclic) bond motifs is 4. The van der Waals surface area contributed by atoms with Crippen LogP contribution in [0, 0.1) is 38.0 Å². The molecule has 2 heterocycles. The summed E-state index contributed by atoms with van der Waals surface area (Å²) in [7, 11) is 4.03. The summed E-state index contributed by atoms with van der Waals surface area (Å²) in [6, 6.07) is 6.23. The number of nitrogens with zero attached hydrogens (tertiary/aromatic N) is 5. The number of rotatable bonds is 7. The van der Waals surface area contributed by atoms with Crippen molar-refractivity contribution in [3.63, 3.8) is 0 Å². The molecule has 2 aromatic rings. The van der Waals surface area contributed by atoms with Gasteiger partial charge in [0.2, 0.25) is 11.8 Å². The Morgan fingerprint density at radius 1 is 1.00 bits per heavy atom. The van der Waals surface area contributed by atoms with Crippen LogP contribution in [0.2, 0.25) is 0 Å². The molecule has 3 fully saturated rings. The average molecular weight is 703 g/mol. The Balaban J connectivity index is 1.51. The third kappa shape index (κ3) is 4.33. The minimum absolute atomic E-state index is 0.00925. The molecule has 6 atom stereocenters. The number of nitro groups is 2. The maximum Gasteiger partial charge on any atom is 0.301 e. The number of nitro benzene ring substituents is 2. The third-order valence-electron chi connectivity index (χ3n) is 9.78. The number of allylic oxidation sites excluding steroid dienone is 2. The Hall–Kier alpha value is -4.76. The van der Waals surface area contributed by atoms with Gasteiger partial charge in [0.25, 0.3) is 11.8 Å². The summed E-state index contributed by atoms with van der Waals surface area (Å²) in [5.41, 5.74) is -1.20. The summed E-state index contributed by atoms with van der Waals surface area (Å²) in [4.78, 5) is 76.7. The Labute approximate surface area is 282 Å². The number of halogens is 2. The SMILES string of the molecule is CCOc1cc(C2C3=CCC4C(=O)N(c5cc([N+](=O)[O-])c(N(C)C)c([N+](=O)[O-])c5)C(=O)C4C3CC3(Cl)C(=O)N(C)C(=O)C23Cl)ccc1O. The lowest BCUT2D eigenvalue weighted by Gasteiger charge is -2.50. The molecule has 17 heteroatoms. The monoisotopic (exact) mass is 701 g/mol. The molecule has 0 aromatic heterocycles. The van der Waals surface area contributed by atoms with Gasteiger partial charge in [0.05, 0.1) is 34.0 Å². The van der Waals surface area contributed by atoms with Crippen molar-refractivity contribution >= 4 is 69.6 Å². The summed E-state index contributed by atoms with van der Waals surface area (Å²) < 4.78 is 5.57. The number of hydrogen-bond donors (Lipinski definition) is 1. The Morgan fingerprint density at radius 3 is 2.19 bits per heavy atom. The molecule has 1 N–H and O–H groups in total. The number of ether oxygens (including phenoxy) is 1. The number of phenols is 1. The largest absolute Gasteiger partial charge is 0.504 e. The van der Waals surface area contributed by atoms with E-state index in [1.807, 2.05) is 0 Å². The second kappa shape index (κ2) is 11.2. The molecule has 2 aliphatic heterocycles. The molecule has 6 rings (SSSR count). The number of alkyl halides is 2. The first-order valence-electron chi connectivity index (χ1n) is 14.9. The highest BCUT2D eigenvalue weighted by Gasteiger charge is 2.76. The number of likely N-dealkylation sites (tertiary alicyclic amines) is 1. The van der Waals surface area contributed by atoms with Gasteiger partial charge in [-0.1, -0.05) is 17.7 Å². The summed E-state index contributed by atoms with van der Waals surface area (Å²) in [5.74, 6) is -7.39. The van der Waals surface area contributed by atoms with Gasteiger partial charge in [-0.25, -0.2) is 4.90 Å². The number of imide groups is 2. The van der Waals surface area contributed by atoms with Gasteiger partial charge in [0.15, 0.2) is 26.9 Å². The molecule has 4 aliphatic rings. The predicted octanol–water partition coefficient (Wildman–Crippen LogP) is 3.87. The molecule has 2 saturated heterocycles. The molecule has 6 unspecified atom stereocenters. The maximum atomic E-state index is 14.3. The van der Waals surface area contributed by atoms with Crippen molar-refractivity contribution in [3.05, 3.63) is 67.8 Å². The minimum atomic E-state index is -2.07. The van der Waals surface area contributed by atoms with E-state index in [2.05, 4.69) is 0 Å². The number of carbonyl (C=O) groups is 4. The second-order valence-electron chi connectivity index (χ2n) is 12.4. The predicted molar refractivity (Wildman–Crippen MR) is 171 cm³/mol. The molecule has 48 heavy (non-hydrogen) atoms. The third-order valence-corrected chi connectivity index (χ3v) is 11.2. The van der Waals surface area contributed by atoms with E-state index >= 15 is 0 Å². The molecule has 252 valence electrons. The first-order valence-corrected chi connectivity index (χ1v) is 15.6. The minimum Gasteiger partial charge on any atom is -0.504 e. The van der Waals surface area contributed by atoms with E-state index in [9.17, 15) is 44.5 Å². The van der Waals surface area contributed by atoms with Crippen LogP contribution in [0.15, 0.2) is 42.0 Å². The average Bonchev–Trinajstić information content (AvgIpc) is 3.36. The Bertz CT molecular complexity index is 1850. The summed E-state index contributed by atoms with van der Waals surface area (Å²) in [6.07, 6.45) is 1.37. The quantitative estimate of drug-likeness (QED) is 0.145. The standard InChI is InChI=1S/C31H29Cl2N5O10/c1-5-48-22-10-14(6-9-21(22)39)24-16-7-8-17-23(18(16)13-30(32)28(42)35(4)29(43)31(24,30)33)27(41)36(26(17)40)15-11-19(37(44)45)25(34(2)3)20(12-15)38(46)47/h6-7,9-12,17-18,23-24,39H,5,8,13H2,1-4H3. The molecule has 2 aromatic carbocycles. The Morgan fingerprint density at radius 2 is 1.62 bits per heavy atom. The van der Waals surface area contributed by atoms with Gasteiger partial charge in [0, 0.05) is 39.2 Å². The smallest absolute Gasteiger partial charge is 0.301 e. The van der Waals surface area contributed by atoms with Gasteiger partial charge >= 0.3 is 11.4 Å². The lowest BCUT2D eigenvalue weighted by atomic mass is 9.56. The van der Waals surface area contributed by atoms with E-state index in [-0.39, 0.29) is 42.3 Å². The molecular formula is C31H29Cl2N5O10. The molecule has 0 radical (unpaired) electrons. The van der Waals surface area contributed by atoms with Gasteiger partial charge in [-0.2, -0.15) is 0 Å². The Kier molecular flexibility index (Phi) is 7.71. The number of anilines is 2. The summed E-state index contributed by atoms with van der Waals surface area (Å²) in [6.45, 7) is 1.90. The maximum absolute atomic E-state index is 14.3. The van der Waals surface area contributed by atoms with Crippen LogP contribution in [0.3, 0.4) is 0 Å². The van der Waals surface area contributed by atoms with Crippen molar-refractivity contribution < 1.29 is 38.9 Å². The van der Waals surface area contributed by atoms with Gasteiger partial charge < -0.3 is 14.7 Å². The molecule has 0 bridgehead atoms. The zero-order chi connectivity index (χ0) is 35.2. The van der Waals surface area contributed by atoms with Crippen molar-refractivity contribution in [2.45, 2.75) is 35.4 Å². The topological polar surface area (TPSA) is 194 Å². The number of hydrogen-bond acceptors (Lipinski definition) is 11. The highest BCUT2D eigenvalue weighted by molar-refractivity contribution is 6.53. The fourth-order valence-electron chi connectivity index (χ4n) is 7.81. The number of amides is 4. The van der Waals surface area contributed by atoms with E-state index in [0.29, 0.717) is 16.0 Å². The van der Waals surface area contributed by atoms with E-state index in [1.165, 1.54) is 44.2 Å². The molecule has 1 saturated carbocycles. The van der Waals surface area contributed by atoms with Gasteiger partial charge in [-0.15, -0.1) is 23.2 Å². The number of aromatic hydroxyl groups is 1. The van der Waals surface area contributed by atoms with Crippen LogP contribution in [0.4, 0.5) is 22.7 Å². The second-order valence-corrected chi connectivity index (χ2v) is 13.7. The van der Waals surface area contributed by atoms with E-state index in [0.717, 1.165) is 17.0 Å². The molecule has 4 amide bonds. The van der Waals surface area contributed by atoms with Gasteiger partial charge in [0.1, 0.15) is 0 Å². The number of benzene rings is 2. The zero-order valence-corrected chi connectivity index (χ0v) is 27.5.